The van der Waals surface area contributed by atoms with Crippen molar-refractivity contribution in [3.05, 3.63) is 0 Å². The minimum Gasteiger partial charge on any atom is -0.379 e. The first-order chi connectivity index (χ1) is 4.61. The van der Waals surface area contributed by atoms with E-state index >= 15 is 0 Å². The lowest BCUT2D eigenvalue weighted by atomic mass is 10.2. The Morgan fingerprint density at radius 2 is 2.10 bits per heavy atom. The molecule has 0 aliphatic heterocycles. The molecule has 60 valence electrons. The molecule has 0 spiro atoms. The lowest BCUT2D eigenvalue weighted by Gasteiger charge is -2.14. The Hall–Kier alpha value is 0.270. The van der Waals surface area contributed by atoms with E-state index in [2.05, 4.69) is 24.9 Å². The summed E-state index contributed by atoms with van der Waals surface area (Å²) in [6.45, 7) is 3.83. The van der Waals surface area contributed by atoms with E-state index in [9.17, 15) is 0 Å². The minimum absolute atomic E-state index is 0.392. The zero-order valence-corrected chi connectivity index (χ0v) is 7.31. The molecule has 4 atom stereocenters. The summed E-state index contributed by atoms with van der Waals surface area (Å²) >= 11 is 4.31. The average Bonchev–Trinajstić information content (AvgIpc) is 2.44. The molecule has 2 nitrogen and oxygen atoms in total. The van der Waals surface area contributed by atoms with Crippen molar-refractivity contribution in [1.29, 1.82) is 0 Å². The van der Waals surface area contributed by atoms with E-state index in [4.69, 9.17) is 5.11 Å². The molecule has 10 heavy (non-hydrogen) atoms. The lowest BCUT2D eigenvalue weighted by Crippen LogP contribution is -2.36. The minimum atomic E-state index is -0.392. The van der Waals surface area contributed by atoms with E-state index < -0.39 is 6.23 Å². The van der Waals surface area contributed by atoms with Crippen molar-refractivity contribution in [3.8, 4) is 0 Å². The summed E-state index contributed by atoms with van der Waals surface area (Å²) in [4.78, 5) is 0. The molecule has 0 heterocycles. The van der Waals surface area contributed by atoms with Gasteiger partial charge in [0.2, 0.25) is 0 Å². The molecule has 1 fully saturated rings. The van der Waals surface area contributed by atoms with Crippen LogP contribution < -0.4 is 5.32 Å². The lowest BCUT2D eigenvalue weighted by molar-refractivity contribution is 0.139. The van der Waals surface area contributed by atoms with E-state index in [1.54, 1.807) is 6.92 Å². The number of aliphatic hydroxyl groups is 1. The van der Waals surface area contributed by atoms with Gasteiger partial charge in [0.05, 0.1) is 0 Å². The van der Waals surface area contributed by atoms with Crippen LogP contribution in [0.5, 0.6) is 0 Å². The fourth-order valence-corrected chi connectivity index (χ4v) is 1.74. The molecule has 1 saturated carbocycles. The number of hydrogen-bond donors (Lipinski definition) is 3. The van der Waals surface area contributed by atoms with Crippen molar-refractivity contribution in [2.75, 3.05) is 0 Å². The monoisotopic (exact) mass is 161 g/mol. The molecule has 0 amide bonds. The van der Waals surface area contributed by atoms with Gasteiger partial charge in [0.15, 0.2) is 0 Å². The molecule has 0 saturated heterocycles. The van der Waals surface area contributed by atoms with Gasteiger partial charge in [0.1, 0.15) is 6.23 Å². The highest BCUT2D eigenvalue weighted by atomic mass is 32.1. The van der Waals surface area contributed by atoms with E-state index in [1.165, 1.54) is 6.42 Å². The molecule has 0 aromatic carbocycles. The number of nitrogens with one attached hydrogen (secondary N) is 1. The third kappa shape index (κ3) is 2.15. The Bertz CT molecular complexity index is 118. The van der Waals surface area contributed by atoms with Gasteiger partial charge in [-0.3, -0.25) is 5.32 Å². The molecule has 4 unspecified atom stereocenters. The highest BCUT2D eigenvalue weighted by Crippen LogP contribution is 2.38. The Morgan fingerprint density at radius 3 is 2.40 bits per heavy atom. The van der Waals surface area contributed by atoms with Crippen LogP contribution in [0.2, 0.25) is 0 Å². The first-order valence-corrected chi connectivity index (χ1v) is 4.25. The summed E-state index contributed by atoms with van der Waals surface area (Å²) in [6.07, 6.45) is 0.792. The second-order valence-corrected chi connectivity index (χ2v) is 3.76. The van der Waals surface area contributed by atoms with Crippen LogP contribution >= 0.6 is 12.6 Å². The molecule has 0 aromatic rings. The second-order valence-electron chi connectivity index (χ2n) is 3.10. The molecule has 3 heteroatoms. The summed E-state index contributed by atoms with van der Waals surface area (Å²) in [5.41, 5.74) is 0. The summed E-state index contributed by atoms with van der Waals surface area (Å²) in [7, 11) is 0. The van der Waals surface area contributed by atoms with E-state index in [-0.39, 0.29) is 0 Å². The van der Waals surface area contributed by atoms with E-state index in [0.717, 1.165) is 0 Å². The van der Waals surface area contributed by atoms with Crippen molar-refractivity contribution in [2.45, 2.75) is 37.8 Å². The van der Waals surface area contributed by atoms with Crippen LogP contribution in [0.25, 0.3) is 0 Å². The number of thiol groups is 1. The van der Waals surface area contributed by atoms with Crippen LogP contribution in [-0.4, -0.2) is 22.6 Å². The third-order valence-corrected chi connectivity index (χ3v) is 2.54. The molecular weight excluding hydrogens is 146 g/mol. The summed E-state index contributed by atoms with van der Waals surface area (Å²) < 4.78 is 0. The van der Waals surface area contributed by atoms with Crippen molar-refractivity contribution in [3.63, 3.8) is 0 Å². The Morgan fingerprint density at radius 1 is 1.60 bits per heavy atom. The van der Waals surface area contributed by atoms with Crippen LogP contribution in [0.3, 0.4) is 0 Å². The van der Waals surface area contributed by atoms with Crippen LogP contribution in [0.15, 0.2) is 0 Å². The number of rotatable bonds is 3. The van der Waals surface area contributed by atoms with Gasteiger partial charge in [0, 0.05) is 11.3 Å². The quantitative estimate of drug-likeness (QED) is 0.419. The maximum Gasteiger partial charge on any atom is 0.102 e. The number of hydrogen-bond acceptors (Lipinski definition) is 3. The van der Waals surface area contributed by atoms with Gasteiger partial charge in [-0.2, -0.15) is 12.6 Å². The first-order valence-electron chi connectivity index (χ1n) is 3.73. The molecule has 2 N–H and O–H groups in total. The normalized spacial score (nSPS) is 37.2. The predicted molar refractivity (Wildman–Crippen MR) is 45.2 cm³/mol. The Balaban J connectivity index is 2.16. The van der Waals surface area contributed by atoms with Crippen LogP contribution in [0.1, 0.15) is 20.3 Å². The molecular formula is C7H15NOS. The van der Waals surface area contributed by atoms with Gasteiger partial charge in [-0.25, -0.2) is 0 Å². The largest absolute Gasteiger partial charge is 0.379 e. The Labute approximate surface area is 67.4 Å². The highest BCUT2D eigenvalue weighted by molar-refractivity contribution is 7.81. The molecule has 0 bridgehead atoms. The van der Waals surface area contributed by atoms with Gasteiger partial charge in [0.25, 0.3) is 0 Å². The summed E-state index contributed by atoms with van der Waals surface area (Å²) in [5.74, 6) is 0.665. The summed E-state index contributed by atoms with van der Waals surface area (Å²) in [6, 6.07) is 0.405. The van der Waals surface area contributed by atoms with Gasteiger partial charge < -0.3 is 5.11 Å². The fourth-order valence-electron chi connectivity index (χ4n) is 1.24. The van der Waals surface area contributed by atoms with Crippen molar-refractivity contribution in [2.24, 2.45) is 5.92 Å². The van der Waals surface area contributed by atoms with Gasteiger partial charge >= 0.3 is 0 Å². The van der Waals surface area contributed by atoms with Gasteiger partial charge in [-0.05, 0) is 26.2 Å². The smallest absolute Gasteiger partial charge is 0.102 e. The highest BCUT2D eigenvalue weighted by Gasteiger charge is 2.38. The maximum atomic E-state index is 8.95. The van der Waals surface area contributed by atoms with Gasteiger partial charge in [-0.1, -0.05) is 0 Å². The molecule has 0 radical (unpaired) electrons. The van der Waals surface area contributed by atoms with Crippen LogP contribution in [0.4, 0.5) is 0 Å². The first kappa shape index (κ1) is 8.37. The standard InChI is InChI=1S/C7H15NOS/c1-4(8-5(2)9)6-3-7(6)10/h4-10H,3H2,1-2H3. The van der Waals surface area contributed by atoms with E-state index in [1.807, 2.05) is 0 Å². The topological polar surface area (TPSA) is 32.3 Å². The SMILES string of the molecule is CC(O)NC(C)C1CC1S. The molecule has 0 aromatic heterocycles. The van der Waals surface area contributed by atoms with Gasteiger partial charge in [-0.15, -0.1) is 0 Å². The zero-order valence-electron chi connectivity index (χ0n) is 6.41. The summed E-state index contributed by atoms with van der Waals surface area (Å²) in [5, 5.41) is 12.5. The fraction of sp³-hybridized carbons (Fsp3) is 1.00. The number of aliphatic hydroxyl groups excluding tert-OH is 1. The van der Waals surface area contributed by atoms with Crippen molar-refractivity contribution >= 4 is 12.6 Å². The van der Waals surface area contributed by atoms with E-state index in [0.29, 0.717) is 17.2 Å². The average molecular weight is 161 g/mol. The van der Waals surface area contributed by atoms with Crippen molar-refractivity contribution in [1.82, 2.24) is 5.32 Å². The third-order valence-electron chi connectivity index (χ3n) is 1.95. The maximum absolute atomic E-state index is 8.95. The van der Waals surface area contributed by atoms with Crippen LogP contribution in [-0.2, 0) is 0 Å². The van der Waals surface area contributed by atoms with Crippen LogP contribution in [0, 0.1) is 5.92 Å². The molecule has 1 rings (SSSR count). The molecule has 1 aliphatic rings. The molecule has 1 aliphatic carbocycles. The second kappa shape index (κ2) is 3.11. The van der Waals surface area contributed by atoms with Crippen molar-refractivity contribution < 1.29 is 5.11 Å². The Kier molecular flexibility index (Phi) is 2.61. The predicted octanol–water partition coefficient (Wildman–Crippen LogP) is 0.621. The zero-order chi connectivity index (χ0) is 7.72.